The molecular weight excluding hydrogens is 276 g/mol. The van der Waals surface area contributed by atoms with Crippen LogP contribution in [0.3, 0.4) is 0 Å². The lowest BCUT2D eigenvalue weighted by Crippen LogP contribution is -2.47. The molecule has 1 aliphatic rings. The SMILES string of the molecule is CC(C)(CNC(=O)[C@@H]1Cc2ccccc2N1)S(C)(=O)=O. The van der Waals surface area contributed by atoms with Gasteiger partial charge in [-0.2, -0.15) is 0 Å². The highest BCUT2D eigenvalue weighted by Gasteiger charge is 2.32. The summed E-state index contributed by atoms with van der Waals surface area (Å²) in [5.74, 6) is -0.169. The van der Waals surface area contributed by atoms with Crippen molar-refractivity contribution in [2.24, 2.45) is 0 Å². The first-order chi connectivity index (χ1) is 9.21. The number of rotatable bonds is 4. The lowest BCUT2D eigenvalue weighted by molar-refractivity contribution is -0.121. The number of benzene rings is 1. The van der Waals surface area contributed by atoms with Gasteiger partial charge in [0.15, 0.2) is 9.84 Å². The van der Waals surface area contributed by atoms with Crippen LogP contribution in [0.15, 0.2) is 24.3 Å². The Morgan fingerprint density at radius 3 is 2.65 bits per heavy atom. The molecule has 0 radical (unpaired) electrons. The molecule has 20 heavy (non-hydrogen) atoms. The average Bonchev–Trinajstić information content (AvgIpc) is 2.78. The van der Waals surface area contributed by atoms with Crippen LogP contribution in [0.4, 0.5) is 5.69 Å². The topological polar surface area (TPSA) is 75.3 Å². The van der Waals surface area contributed by atoms with Crippen molar-refractivity contribution >= 4 is 21.4 Å². The van der Waals surface area contributed by atoms with E-state index in [1.807, 2.05) is 24.3 Å². The number of hydrogen-bond donors (Lipinski definition) is 2. The molecular formula is C14H20N2O3S. The van der Waals surface area contributed by atoms with Gasteiger partial charge in [0.05, 0.1) is 4.75 Å². The van der Waals surface area contributed by atoms with E-state index >= 15 is 0 Å². The monoisotopic (exact) mass is 296 g/mol. The molecule has 1 amide bonds. The zero-order valence-corrected chi connectivity index (χ0v) is 12.8. The molecule has 1 aromatic carbocycles. The molecule has 2 rings (SSSR count). The van der Waals surface area contributed by atoms with Crippen molar-refractivity contribution in [3.63, 3.8) is 0 Å². The van der Waals surface area contributed by atoms with Crippen molar-refractivity contribution in [3.8, 4) is 0 Å². The molecule has 1 heterocycles. The van der Waals surface area contributed by atoms with Crippen molar-refractivity contribution in [1.82, 2.24) is 5.32 Å². The van der Waals surface area contributed by atoms with E-state index in [1.54, 1.807) is 13.8 Å². The Bertz CT molecular complexity index is 598. The maximum absolute atomic E-state index is 12.1. The maximum Gasteiger partial charge on any atom is 0.242 e. The van der Waals surface area contributed by atoms with E-state index in [0.717, 1.165) is 11.3 Å². The molecule has 0 aromatic heterocycles. The van der Waals surface area contributed by atoms with E-state index in [1.165, 1.54) is 6.26 Å². The number of nitrogens with one attached hydrogen (secondary N) is 2. The predicted octanol–water partition coefficient (Wildman–Crippen LogP) is 0.963. The van der Waals surface area contributed by atoms with Crippen LogP contribution in [-0.4, -0.2) is 37.9 Å². The van der Waals surface area contributed by atoms with Crippen LogP contribution in [-0.2, 0) is 21.1 Å². The van der Waals surface area contributed by atoms with E-state index in [9.17, 15) is 13.2 Å². The highest BCUT2D eigenvalue weighted by molar-refractivity contribution is 7.92. The molecule has 1 atom stereocenters. The molecule has 0 unspecified atom stereocenters. The summed E-state index contributed by atoms with van der Waals surface area (Å²) >= 11 is 0. The summed E-state index contributed by atoms with van der Waals surface area (Å²) in [4.78, 5) is 12.1. The van der Waals surface area contributed by atoms with Crippen LogP contribution in [0, 0.1) is 0 Å². The van der Waals surface area contributed by atoms with Crippen molar-refractivity contribution in [1.29, 1.82) is 0 Å². The fourth-order valence-corrected chi connectivity index (χ4v) is 2.34. The van der Waals surface area contributed by atoms with Gasteiger partial charge < -0.3 is 10.6 Å². The Hall–Kier alpha value is -1.56. The molecule has 110 valence electrons. The van der Waals surface area contributed by atoms with Crippen molar-refractivity contribution < 1.29 is 13.2 Å². The van der Waals surface area contributed by atoms with Crippen LogP contribution in [0.1, 0.15) is 19.4 Å². The number of carbonyl (C=O) groups excluding carboxylic acids is 1. The molecule has 1 aromatic rings. The number of hydrogen-bond acceptors (Lipinski definition) is 4. The molecule has 0 fully saturated rings. The molecule has 1 aliphatic heterocycles. The first-order valence-corrected chi connectivity index (χ1v) is 8.41. The van der Waals surface area contributed by atoms with Gasteiger partial charge in [-0.1, -0.05) is 18.2 Å². The van der Waals surface area contributed by atoms with Crippen molar-refractivity contribution in [3.05, 3.63) is 29.8 Å². The minimum Gasteiger partial charge on any atom is -0.373 e. The summed E-state index contributed by atoms with van der Waals surface area (Å²) in [6.45, 7) is 3.33. The zero-order valence-electron chi connectivity index (χ0n) is 11.9. The number of anilines is 1. The summed E-state index contributed by atoms with van der Waals surface area (Å²) in [5, 5.41) is 5.87. The molecule has 0 saturated heterocycles. The van der Waals surface area contributed by atoms with Crippen LogP contribution in [0.5, 0.6) is 0 Å². The molecule has 0 saturated carbocycles. The average molecular weight is 296 g/mol. The fourth-order valence-electron chi connectivity index (χ4n) is 2.01. The van der Waals surface area contributed by atoms with Crippen LogP contribution in [0.25, 0.3) is 0 Å². The molecule has 5 nitrogen and oxygen atoms in total. The zero-order chi connectivity index (χ0) is 15.0. The van der Waals surface area contributed by atoms with E-state index in [4.69, 9.17) is 0 Å². The molecule has 0 bridgehead atoms. The van der Waals surface area contributed by atoms with E-state index in [0.29, 0.717) is 6.42 Å². The Balaban J connectivity index is 1.96. The third kappa shape index (κ3) is 2.95. The Labute approximate surface area is 119 Å². The van der Waals surface area contributed by atoms with Gasteiger partial charge >= 0.3 is 0 Å². The minimum atomic E-state index is -3.21. The summed E-state index contributed by atoms with van der Waals surface area (Å²) in [7, 11) is -3.21. The van der Waals surface area contributed by atoms with Gasteiger partial charge in [-0.05, 0) is 25.5 Å². The minimum absolute atomic E-state index is 0.110. The Kier molecular flexibility index (Phi) is 3.77. The number of sulfone groups is 1. The molecule has 0 spiro atoms. The largest absolute Gasteiger partial charge is 0.373 e. The highest BCUT2D eigenvalue weighted by atomic mass is 32.2. The van der Waals surface area contributed by atoms with Crippen molar-refractivity contribution in [2.75, 3.05) is 18.1 Å². The predicted molar refractivity (Wildman–Crippen MR) is 79.5 cm³/mol. The maximum atomic E-state index is 12.1. The number of amides is 1. The van der Waals surface area contributed by atoms with Crippen LogP contribution < -0.4 is 10.6 Å². The Morgan fingerprint density at radius 2 is 2.05 bits per heavy atom. The third-order valence-corrected chi connectivity index (χ3v) is 5.93. The van der Waals surface area contributed by atoms with Crippen molar-refractivity contribution in [2.45, 2.75) is 31.1 Å². The summed E-state index contributed by atoms with van der Waals surface area (Å²) in [6.07, 6.45) is 1.81. The van der Waals surface area contributed by atoms with Gasteiger partial charge in [-0.3, -0.25) is 4.79 Å². The first kappa shape index (κ1) is 14.8. The van der Waals surface area contributed by atoms with Crippen LogP contribution >= 0.6 is 0 Å². The second kappa shape index (κ2) is 5.09. The smallest absolute Gasteiger partial charge is 0.242 e. The quantitative estimate of drug-likeness (QED) is 0.868. The third-order valence-electron chi connectivity index (χ3n) is 3.78. The summed E-state index contributed by atoms with van der Waals surface area (Å²) in [5.41, 5.74) is 2.07. The summed E-state index contributed by atoms with van der Waals surface area (Å²) < 4.78 is 22.2. The lowest BCUT2D eigenvalue weighted by Gasteiger charge is -2.23. The van der Waals surface area contributed by atoms with Crippen LogP contribution in [0.2, 0.25) is 0 Å². The molecule has 6 heteroatoms. The number of carbonyl (C=O) groups is 1. The molecule has 2 N–H and O–H groups in total. The van der Waals surface area contributed by atoms with Gasteiger partial charge in [0, 0.05) is 24.9 Å². The van der Waals surface area contributed by atoms with Gasteiger partial charge in [0.2, 0.25) is 5.91 Å². The second-order valence-corrected chi connectivity index (χ2v) is 8.46. The van der Waals surface area contributed by atoms with Gasteiger partial charge in [-0.25, -0.2) is 8.42 Å². The molecule has 0 aliphatic carbocycles. The van der Waals surface area contributed by atoms with Gasteiger partial charge in [0.1, 0.15) is 6.04 Å². The lowest BCUT2D eigenvalue weighted by atomic mass is 10.1. The van der Waals surface area contributed by atoms with Gasteiger partial charge in [0.25, 0.3) is 0 Å². The fraction of sp³-hybridized carbons (Fsp3) is 0.500. The van der Waals surface area contributed by atoms with E-state index in [2.05, 4.69) is 10.6 Å². The first-order valence-electron chi connectivity index (χ1n) is 6.52. The highest BCUT2D eigenvalue weighted by Crippen LogP contribution is 2.25. The van der Waals surface area contributed by atoms with E-state index in [-0.39, 0.29) is 18.5 Å². The Morgan fingerprint density at radius 1 is 1.40 bits per heavy atom. The standard InChI is InChI=1S/C14H20N2O3S/c1-14(2,20(3,18)19)9-15-13(17)12-8-10-6-4-5-7-11(10)16-12/h4-7,12,16H,8-9H2,1-3H3,(H,15,17)/t12-/m0/s1. The van der Waals surface area contributed by atoms with Gasteiger partial charge in [-0.15, -0.1) is 0 Å². The normalized spacial score (nSPS) is 18.2. The summed E-state index contributed by atoms with van der Waals surface area (Å²) in [6, 6.07) is 7.44. The number of fused-ring (bicyclic) bond motifs is 1. The van der Waals surface area contributed by atoms with E-state index < -0.39 is 14.6 Å². The number of para-hydroxylation sites is 1. The second-order valence-electron chi connectivity index (χ2n) is 5.81.